The molecule has 0 aliphatic heterocycles. The number of aryl methyl sites for hydroxylation is 1. The summed E-state index contributed by atoms with van der Waals surface area (Å²) in [6.07, 6.45) is 0. The molecule has 0 amide bonds. The van der Waals surface area contributed by atoms with Crippen molar-refractivity contribution >= 4 is 12.4 Å². The molecule has 0 spiro atoms. The molecular formula is C8H9NO. The quantitative estimate of drug-likeness (QED) is 0.250. The molecule has 0 saturated carbocycles. The van der Waals surface area contributed by atoms with Gasteiger partial charge in [-0.1, -0.05) is 17.7 Å². The average Bonchev–Trinajstić information content (AvgIpc) is 1.88. The van der Waals surface area contributed by atoms with Gasteiger partial charge in [-0.15, -0.1) is 0 Å². The molecule has 52 valence electrons. The molecule has 0 N–H and O–H groups in total. The summed E-state index contributed by atoms with van der Waals surface area (Å²) in [5, 5.41) is 10.6. The lowest BCUT2D eigenvalue weighted by Crippen LogP contribution is -1.88. The molecule has 0 atom stereocenters. The summed E-state index contributed by atoms with van der Waals surface area (Å²) in [5.41, 5.74) is 1.73. The molecule has 0 unspecified atom stereocenters. The van der Waals surface area contributed by atoms with Gasteiger partial charge in [0, 0.05) is 12.1 Å². The van der Waals surface area contributed by atoms with Gasteiger partial charge in [0.25, 0.3) is 0 Å². The lowest BCUT2D eigenvalue weighted by molar-refractivity contribution is -0.349. The van der Waals surface area contributed by atoms with E-state index < -0.39 is 0 Å². The largest absolute Gasteiger partial charge is 0.619 e. The van der Waals surface area contributed by atoms with E-state index >= 15 is 0 Å². The number of hydrogen-bond acceptors (Lipinski definition) is 1. The topological polar surface area (TPSA) is 26.1 Å². The Labute approximate surface area is 60.0 Å². The van der Waals surface area contributed by atoms with E-state index in [2.05, 4.69) is 6.72 Å². The molecule has 2 heteroatoms. The smallest absolute Gasteiger partial charge is 0.215 e. The van der Waals surface area contributed by atoms with Crippen molar-refractivity contribution in [2.45, 2.75) is 6.92 Å². The SMILES string of the molecule is C=[N+]([O-])c1ccc(C)cc1. The molecule has 0 aliphatic rings. The van der Waals surface area contributed by atoms with Gasteiger partial charge in [-0.25, -0.2) is 0 Å². The van der Waals surface area contributed by atoms with Crippen molar-refractivity contribution in [3.8, 4) is 0 Å². The molecule has 0 saturated heterocycles. The van der Waals surface area contributed by atoms with Crippen LogP contribution in [0.3, 0.4) is 0 Å². The van der Waals surface area contributed by atoms with Gasteiger partial charge in [-0.2, -0.15) is 4.74 Å². The Balaban J connectivity index is 3.00. The van der Waals surface area contributed by atoms with E-state index in [9.17, 15) is 5.21 Å². The highest BCUT2D eigenvalue weighted by atomic mass is 16.5. The molecule has 0 fully saturated rings. The van der Waals surface area contributed by atoms with Crippen molar-refractivity contribution in [3.05, 3.63) is 35.0 Å². The van der Waals surface area contributed by atoms with E-state index in [1.807, 2.05) is 19.1 Å². The summed E-state index contributed by atoms with van der Waals surface area (Å²) in [5.74, 6) is 0. The van der Waals surface area contributed by atoms with Crippen molar-refractivity contribution < 1.29 is 4.74 Å². The Morgan fingerprint density at radius 1 is 1.30 bits per heavy atom. The minimum Gasteiger partial charge on any atom is -0.619 e. The Morgan fingerprint density at radius 3 is 2.20 bits per heavy atom. The van der Waals surface area contributed by atoms with Crippen molar-refractivity contribution in [3.63, 3.8) is 0 Å². The van der Waals surface area contributed by atoms with Crippen molar-refractivity contribution in [2.75, 3.05) is 0 Å². The summed E-state index contributed by atoms with van der Waals surface area (Å²) in [6, 6.07) is 7.25. The highest BCUT2D eigenvalue weighted by Gasteiger charge is 1.94. The summed E-state index contributed by atoms with van der Waals surface area (Å²) in [6.45, 7) is 5.19. The lowest BCUT2D eigenvalue weighted by atomic mass is 10.2. The number of hydrogen-bond donors (Lipinski definition) is 0. The molecule has 1 rings (SSSR count). The van der Waals surface area contributed by atoms with Crippen LogP contribution in [-0.4, -0.2) is 11.5 Å². The van der Waals surface area contributed by atoms with Crippen LogP contribution in [0.5, 0.6) is 0 Å². The first kappa shape index (κ1) is 6.81. The molecule has 1 aromatic carbocycles. The molecule has 0 aliphatic carbocycles. The second kappa shape index (κ2) is 2.52. The van der Waals surface area contributed by atoms with E-state index in [1.165, 1.54) is 0 Å². The fourth-order valence-electron chi connectivity index (χ4n) is 0.711. The van der Waals surface area contributed by atoms with E-state index in [0.717, 1.165) is 5.56 Å². The Hall–Kier alpha value is -1.31. The average molecular weight is 135 g/mol. The minimum absolute atomic E-state index is 0.589. The molecule has 0 bridgehead atoms. The van der Waals surface area contributed by atoms with Crippen molar-refractivity contribution in [1.82, 2.24) is 0 Å². The summed E-state index contributed by atoms with van der Waals surface area (Å²) < 4.78 is 0.597. The van der Waals surface area contributed by atoms with Gasteiger partial charge in [0.1, 0.15) is 6.72 Å². The fraction of sp³-hybridized carbons (Fsp3) is 0.125. The number of nitrogens with zero attached hydrogens (tertiary/aromatic N) is 1. The van der Waals surface area contributed by atoms with Gasteiger partial charge in [0.05, 0.1) is 0 Å². The Bertz CT molecular complexity index is 238. The zero-order valence-electron chi connectivity index (χ0n) is 5.87. The molecule has 0 aromatic heterocycles. The predicted octanol–water partition coefficient (Wildman–Crippen LogP) is 1.84. The predicted molar refractivity (Wildman–Crippen MR) is 41.6 cm³/mol. The highest BCUT2D eigenvalue weighted by molar-refractivity contribution is 5.35. The van der Waals surface area contributed by atoms with Crippen LogP contribution in [0, 0.1) is 12.1 Å². The van der Waals surface area contributed by atoms with Gasteiger partial charge in [0.15, 0.2) is 0 Å². The van der Waals surface area contributed by atoms with Crippen LogP contribution < -0.4 is 0 Å². The number of rotatable bonds is 1. The van der Waals surface area contributed by atoms with Crippen LogP contribution in [0.1, 0.15) is 5.56 Å². The van der Waals surface area contributed by atoms with E-state index in [1.54, 1.807) is 12.1 Å². The number of benzene rings is 1. The lowest BCUT2D eigenvalue weighted by Gasteiger charge is -1.98. The summed E-state index contributed by atoms with van der Waals surface area (Å²) in [7, 11) is 0. The van der Waals surface area contributed by atoms with Crippen LogP contribution in [0.15, 0.2) is 24.3 Å². The maximum Gasteiger partial charge on any atom is 0.215 e. The molecule has 0 heterocycles. The first-order valence-corrected chi connectivity index (χ1v) is 3.04. The third-order valence-corrected chi connectivity index (χ3v) is 1.32. The first-order valence-electron chi connectivity index (χ1n) is 3.04. The van der Waals surface area contributed by atoms with Crippen molar-refractivity contribution in [1.29, 1.82) is 0 Å². The van der Waals surface area contributed by atoms with E-state index in [4.69, 9.17) is 0 Å². The van der Waals surface area contributed by atoms with Crippen LogP contribution >= 0.6 is 0 Å². The van der Waals surface area contributed by atoms with Gasteiger partial charge in [-0.3, -0.25) is 0 Å². The van der Waals surface area contributed by atoms with E-state index in [-0.39, 0.29) is 0 Å². The van der Waals surface area contributed by atoms with Crippen LogP contribution in [0.25, 0.3) is 0 Å². The van der Waals surface area contributed by atoms with E-state index in [0.29, 0.717) is 10.4 Å². The van der Waals surface area contributed by atoms with Gasteiger partial charge in [0.2, 0.25) is 5.69 Å². The monoisotopic (exact) mass is 135 g/mol. The second-order valence-corrected chi connectivity index (χ2v) is 2.21. The van der Waals surface area contributed by atoms with Gasteiger partial charge in [-0.05, 0) is 6.92 Å². The highest BCUT2D eigenvalue weighted by Crippen LogP contribution is 2.09. The minimum atomic E-state index is 0.589. The van der Waals surface area contributed by atoms with Crippen molar-refractivity contribution in [2.24, 2.45) is 0 Å². The molecule has 10 heavy (non-hydrogen) atoms. The molecule has 0 radical (unpaired) electrons. The zero-order chi connectivity index (χ0) is 7.56. The van der Waals surface area contributed by atoms with Gasteiger partial charge < -0.3 is 5.21 Å². The first-order chi connectivity index (χ1) is 4.70. The molecular weight excluding hydrogens is 126 g/mol. The zero-order valence-corrected chi connectivity index (χ0v) is 5.87. The van der Waals surface area contributed by atoms with Crippen LogP contribution in [0.2, 0.25) is 0 Å². The fourth-order valence-corrected chi connectivity index (χ4v) is 0.711. The van der Waals surface area contributed by atoms with Crippen LogP contribution in [0.4, 0.5) is 5.69 Å². The van der Waals surface area contributed by atoms with Gasteiger partial charge >= 0.3 is 0 Å². The third-order valence-electron chi connectivity index (χ3n) is 1.32. The van der Waals surface area contributed by atoms with Crippen LogP contribution in [-0.2, 0) is 0 Å². The maximum absolute atomic E-state index is 10.6. The normalized spacial score (nSPS) is 9.30. The standard InChI is InChI=1S/C8H9NO/c1-7-3-5-8(6-4-7)9(2)10/h3-6H,2H2,1H3. The second-order valence-electron chi connectivity index (χ2n) is 2.21. The molecule has 1 aromatic rings. The maximum atomic E-state index is 10.6. The molecule has 2 nitrogen and oxygen atoms in total. The summed E-state index contributed by atoms with van der Waals surface area (Å²) in [4.78, 5) is 0. The Morgan fingerprint density at radius 2 is 1.80 bits per heavy atom. The Kier molecular flexibility index (Phi) is 1.71. The summed E-state index contributed by atoms with van der Waals surface area (Å²) >= 11 is 0. The third kappa shape index (κ3) is 1.35.